The van der Waals surface area contributed by atoms with Gasteiger partial charge in [-0.15, -0.1) is 12.4 Å². The van der Waals surface area contributed by atoms with E-state index in [1.54, 1.807) is 12.1 Å². The van der Waals surface area contributed by atoms with Crippen LogP contribution in [0, 0.1) is 0 Å². The molecule has 1 aliphatic rings. The number of carbonyl (C=O) groups is 1. The van der Waals surface area contributed by atoms with Crippen molar-refractivity contribution < 1.29 is 14.3 Å². The van der Waals surface area contributed by atoms with E-state index in [4.69, 9.17) is 15.2 Å². The van der Waals surface area contributed by atoms with E-state index in [0.717, 1.165) is 49.7 Å². The van der Waals surface area contributed by atoms with Gasteiger partial charge in [-0.25, -0.2) is 0 Å². The smallest absolute Gasteiger partial charge is 0.251 e. The molecular formula is C21H28ClN3O3. The molecule has 7 heteroatoms. The molecule has 6 nitrogen and oxygen atoms in total. The van der Waals surface area contributed by atoms with E-state index in [1.165, 1.54) is 0 Å². The normalized spacial score (nSPS) is 14.2. The zero-order chi connectivity index (χ0) is 18.9. The van der Waals surface area contributed by atoms with E-state index in [-0.39, 0.29) is 18.3 Å². The molecule has 1 fully saturated rings. The molecule has 0 radical (unpaired) electrons. The molecule has 152 valence electrons. The Kier molecular flexibility index (Phi) is 9.23. The fraction of sp³-hybridized carbons (Fsp3) is 0.381. The maximum Gasteiger partial charge on any atom is 0.251 e. The molecule has 0 atom stereocenters. The zero-order valence-electron chi connectivity index (χ0n) is 15.9. The maximum absolute atomic E-state index is 12.3. The van der Waals surface area contributed by atoms with E-state index >= 15 is 0 Å². The summed E-state index contributed by atoms with van der Waals surface area (Å²) in [6, 6.07) is 15.2. The number of amides is 1. The quantitative estimate of drug-likeness (QED) is 0.704. The Hall–Kier alpha value is -2.12. The van der Waals surface area contributed by atoms with Gasteiger partial charge < -0.3 is 20.5 Å². The molecule has 0 aromatic heterocycles. The molecule has 3 N–H and O–H groups in total. The summed E-state index contributed by atoms with van der Waals surface area (Å²) in [6.07, 6.45) is 0. The highest BCUT2D eigenvalue weighted by Crippen LogP contribution is 2.14. The van der Waals surface area contributed by atoms with Crippen LogP contribution in [0.1, 0.15) is 21.5 Å². The Morgan fingerprint density at radius 3 is 2.57 bits per heavy atom. The van der Waals surface area contributed by atoms with Gasteiger partial charge in [0, 0.05) is 38.3 Å². The van der Waals surface area contributed by atoms with Crippen molar-refractivity contribution in [1.29, 1.82) is 0 Å². The third-order valence-corrected chi connectivity index (χ3v) is 4.58. The van der Waals surface area contributed by atoms with Gasteiger partial charge in [0.15, 0.2) is 0 Å². The monoisotopic (exact) mass is 405 g/mol. The number of nitrogens with zero attached hydrogens (tertiary/aromatic N) is 1. The van der Waals surface area contributed by atoms with Crippen LogP contribution in [0.25, 0.3) is 0 Å². The summed E-state index contributed by atoms with van der Waals surface area (Å²) < 4.78 is 11.2. The van der Waals surface area contributed by atoms with Gasteiger partial charge >= 0.3 is 0 Å². The third-order valence-electron chi connectivity index (χ3n) is 4.58. The van der Waals surface area contributed by atoms with Crippen molar-refractivity contribution in [2.45, 2.75) is 13.1 Å². The van der Waals surface area contributed by atoms with E-state index in [2.05, 4.69) is 10.2 Å². The van der Waals surface area contributed by atoms with Crippen molar-refractivity contribution in [2.75, 3.05) is 39.5 Å². The Labute approximate surface area is 172 Å². The van der Waals surface area contributed by atoms with E-state index < -0.39 is 0 Å². The molecule has 2 aromatic carbocycles. The molecule has 3 rings (SSSR count). The number of benzene rings is 2. The first-order valence-corrected chi connectivity index (χ1v) is 9.33. The highest BCUT2D eigenvalue weighted by Gasteiger charge is 2.10. The van der Waals surface area contributed by atoms with Crippen LogP contribution in [0.3, 0.4) is 0 Å². The van der Waals surface area contributed by atoms with Crippen molar-refractivity contribution in [1.82, 2.24) is 10.2 Å². The van der Waals surface area contributed by atoms with Crippen LogP contribution in [0.2, 0.25) is 0 Å². The number of hydrogen-bond acceptors (Lipinski definition) is 5. The summed E-state index contributed by atoms with van der Waals surface area (Å²) in [4.78, 5) is 14.6. The molecule has 2 aromatic rings. The van der Waals surface area contributed by atoms with Crippen molar-refractivity contribution in [3.63, 3.8) is 0 Å². The molecule has 1 amide bonds. The number of ether oxygens (including phenoxy) is 2. The van der Waals surface area contributed by atoms with E-state index in [0.29, 0.717) is 25.3 Å². The van der Waals surface area contributed by atoms with E-state index in [9.17, 15) is 4.79 Å². The lowest BCUT2D eigenvalue weighted by Gasteiger charge is -2.26. The van der Waals surface area contributed by atoms with Crippen LogP contribution in [0.15, 0.2) is 48.5 Å². The molecule has 0 bridgehead atoms. The minimum atomic E-state index is -0.0998. The van der Waals surface area contributed by atoms with Gasteiger partial charge in [-0.05, 0) is 35.4 Å². The number of hydrogen-bond donors (Lipinski definition) is 2. The first-order chi connectivity index (χ1) is 13.2. The number of rotatable bonds is 8. The molecule has 0 saturated carbocycles. The second-order valence-electron chi connectivity index (χ2n) is 6.53. The first kappa shape index (κ1) is 22.2. The second-order valence-corrected chi connectivity index (χ2v) is 6.53. The van der Waals surface area contributed by atoms with Crippen LogP contribution < -0.4 is 15.8 Å². The number of nitrogens with one attached hydrogen (secondary N) is 1. The molecule has 0 aliphatic carbocycles. The summed E-state index contributed by atoms with van der Waals surface area (Å²) in [5, 5.41) is 2.94. The SMILES string of the molecule is Cl.NCc1ccc(C(=O)NCc2cccc(OCCN3CCOCC3)c2)cc1. The lowest BCUT2D eigenvalue weighted by molar-refractivity contribution is 0.0322. The summed E-state index contributed by atoms with van der Waals surface area (Å²) in [5.74, 6) is 0.722. The van der Waals surface area contributed by atoms with Crippen molar-refractivity contribution >= 4 is 18.3 Å². The molecule has 0 spiro atoms. The summed E-state index contributed by atoms with van der Waals surface area (Å²) in [5.41, 5.74) is 8.22. The van der Waals surface area contributed by atoms with Crippen LogP contribution in [-0.4, -0.2) is 50.3 Å². The topological polar surface area (TPSA) is 76.8 Å². The lowest BCUT2D eigenvalue weighted by atomic mass is 10.1. The average Bonchev–Trinajstić information content (AvgIpc) is 2.73. The fourth-order valence-corrected chi connectivity index (χ4v) is 2.94. The largest absolute Gasteiger partial charge is 0.492 e. The van der Waals surface area contributed by atoms with Crippen LogP contribution in [0.4, 0.5) is 0 Å². The maximum atomic E-state index is 12.3. The Balaban J connectivity index is 0.00000280. The minimum Gasteiger partial charge on any atom is -0.492 e. The van der Waals surface area contributed by atoms with Gasteiger partial charge in [-0.2, -0.15) is 0 Å². The predicted molar refractivity (Wildman–Crippen MR) is 112 cm³/mol. The van der Waals surface area contributed by atoms with Gasteiger partial charge in [0.1, 0.15) is 12.4 Å². The fourth-order valence-electron chi connectivity index (χ4n) is 2.94. The third kappa shape index (κ3) is 6.80. The van der Waals surface area contributed by atoms with Gasteiger partial charge in [-0.3, -0.25) is 9.69 Å². The summed E-state index contributed by atoms with van der Waals surface area (Å²) in [7, 11) is 0. The van der Waals surface area contributed by atoms with Crippen molar-refractivity contribution in [3.8, 4) is 5.75 Å². The number of halogens is 1. The highest BCUT2D eigenvalue weighted by molar-refractivity contribution is 5.94. The Morgan fingerprint density at radius 2 is 1.86 bits per heavy atom. The summed E-state index contributed by atoms with van der Waals surface area (Å²) in [6.45, 7) is 5.97. The minimum absolute atomic E-state index is 0. The second kappa shape index (κ2) is 11.7. The molecule has 1 heterocycles. The molecule has 1 aliphatic heterocycles. The number of morpholine rings is 1. The van der Waals surface area contributed by atoms with Crippen LogP contribution in [0.5, 0.6) is 5.75 Å². The number of nitrogens with two attached hydrogens (primary N) is 1. The highest BCUT2D eigenvalue weighted by atomic mass is 35.5. The Morgan fingerprint density at radius 1 is 1.11 bits per heavy atom. The van der Waals surface area contributed by atoms with Gasteiger partial charge in [0.2, 0.25) is 0 Å². The number of carbonyl (C=O) groups excluding carboxylic acids is 1. The van der Waals surface area contributed by atoms with Gasteiger partial charge in [0.05, 0.1) is 13.2 Å². The average molecular weight is 406 g/mol. The Bertz CT molecular complexity index is 734. The van der Waals surface area contributed by atoms with Crippen molar-refractivity contribution in [3.05, 3.63) is 65.2 Å². The van der Waals surface area contributed by atoms with Crippen molar-refractivity contribution in [2.24, 2.45) is 5.73 Å². The zero-order valence-corrected chi connectivity index (χ0v) is 16.7. The standard InChI is InChI=1S/C21H27N3O3.ClH/c22-15-17-4-6-19(7-5-17)21(25)23-16-18-2-1-3-20(14-18)27-13-10-24-8-11-26-12-9-24;/h1-7,14H,8-13,15-16,22H2,(H,23,25);1H. The van der Waals surface area contributed by atoms with Gasteiger partial charge in [0.25, 0.3) is 5.91 Å². The molecule has 0 unspecified atom stereocenters. The van der Waals surface area contributed by atoms with E-state index in [1.807, 2.05) is 36.4 Å². The summed E-state index contributed by atoms with van der Waals surface area (Å²) >= 11 is 0. The van der Waals surface area contributed by atoms with Gasteiger partial charge in [-0.1, -0.05) is 24.3 Å². The van der Waals surface area contributed by atoms with Crippen LogP contribution >= 0.6 is 12.4 Å². The lowest BCUT2D eigenvalue weighted by Crippen LogP contribution is -2.38. The first-order valence-electron chi connectivity index (χ1n) is 9.33. The predicted octanol–water partition coefficient (Wildman–Crippen LogP) is 2.21. The molecular weight excluding hydrogens is 378 g/mol. The van der Waals surface area contributed by atoms with Crippen LogP contribution in [-0.2, 0) is 17.8 Å². The molecule has 28 heavy (non-hydrogen) atoms. The molecule has 1 saturated heterocycles.